The van der Waals surface area contributed by atoms with Gasteiger partial charge in [-0.05, 0) is 17.0 Å². The molecule has 1 aromatic carbocycles. The zero-order chi connectivity index (χ0) is 9.42. The van der Waals surface area contributed by atoms with Gasteiger partial charge in [0.2, 0.25) is 0 Å². The minimum Gasteiger partial charge on any atom is -0.397 e. The number of alkyl halides is 1. The first kappa shape index (κ1) is 9.13. The number of hydrogen-bond donors (Lipinski definition) is 1. The van der Waals surface area contributed by atoms with Crippen molar-refractivity contribution >= 4 is 50.3 Å². The lowest BCUT2D eigenvalue weighted by Gasteiger charge is -2.01. The maximum absolute atomic E-state index is 5.91. The minimum absolute atomic E-state index is 0.442. The predicted molar refractivity (Wildman–Crippen MR) is 60.8 cm³/mol. The topological polar surface area (TPSA) is 26.0 Å². The summed E-state index contributed by atoms with van der Waals surface area (Å²) in [5, 5.41) is 1.08. The van der Waals surface area contributed by atoms with Gasteiger partial charge in [-0.2, -0.15) is 0 Å². The van der Waals surface area contributed by atoms with Crippen LogP contribution in [0.5, 0.6) is 0 Å². The number of thiophene rings is 1. The van der Waals surface area contributed by atoms with Gasteiger partial charge in [-0.1, -0.05) is 23.7 Å². The number of fused-ring (bicyclic) bond motifs is 1. The van der Waals surface area contributed by atoms with Crippen LogP contribution >= 0.6 is 34.5 Å². The lowest BCUT2D eigenvalue weighted by molar-refractivity contribution is 1.43. The minimum atomic E-state index is 0.442. The van der Waals surface area contributed by atoms with Crippen LogP contribution in [0, 0.1) is 0 Å². The molecule has 0 bridgehead atoms. The van der Waals surface area contributed by atoms with Gasteiger partial charge in [0.05, 0.1) is 14.7 Å². The molecule has 13 heavy (non-hydrogen) atoms. The van der Waals surface area contributed by atoms with Crippen molar-refractivity contribution in [1.82, 2.24) is 0 Å². The van der Waals surface area contributed by atoms with Crippen LogP contribution in [0.2, 0.25) is 4.34 Å². The average Bonchev–Trinajstić information content (AvgIpc) is 2.47. The normalized spacial score (nSPS) is 10.9. The van der Waals surface area contributed by atoms with Gasteiger partial charge < -0.3 is 5.73 Å². The highest BCUT2D eigenvalue weighted by Gasteiger charge is 2.06. The van der Waals surface area contributed by atoms with Crippen molar-refractivity contribution < 1.29 is 0 Å². The molecule has 2 N–H and O–H groups in total. The Morgan fingerprint density at radius 3 is 2.85 bits per heavy atom. The number of anilines is 1. The molecule has 0 aliphatic rings. The highest BCUT2D eigenvalue weighted by Crippen LogP contribution is 2.35. The van der Waals surface area contributed by atoms with E-state index in [9.17, 15) is 0 Å². The lowest BCUT2D eigenvalue weighted by Crippen LogP contribution is -1.90. The molecule has 0 radical (unpaired) electrons. The van der Waals surface area contributed by atoms with Crippen LogP contribution in [-0.4, -0.2) is 0 Å². The maximum Gasteiger partial charge on any atom is 0.0941 e. The van der Waals surface area contributed by atoms with Crippen molar-refractivity contribution in [1.29, 1.82) is 0 Å². The molecular formula is C9H7Cl2NS. The van der Waals surface area contributed by atoms with Crippen molar-refractivity contribution in [2.75, 3.05) is 5.73 Å². The molecule has 2 rings (SSSR count). The van der Waals surface area contributed by atoms with E-state index in [4.69, 9.17) is 28.9 Å². The van der Waals surface area contributed by atoms with Gasteiger partial charge >= 0.3 is 0 Å². The molecule has 0 fully saturated rings. The molecular weight excluding hydrogens is 225 g/mol. The number of nitrogens with two attached hydrogens (primary N) is 1. The van der Waals surface area contributed by atoms with Crippen LogP contribution < -0.4 is 5.73 Å². The van der Waals surface area contributed by atoms with Crippen LogP contribution in [0.1, 0.15) is 5.56 Å². The maximum atomic E-state index is 5.91. The largest absolute Gasteiger partial charge is 0.397 e. The van der Waals surface area contributed by atoms with E-state index < -0.39 is 0 Å². The Balaban J connectivity index is 2.78. The van der Waals surface area contributed by atoms with Crippen molar-refractivity contribution in [3.05, 3.63) is 28.1 Å². The number of hydrogen-bond acceptors (Lipinski definition) is 2. The molecule has 68 valence electrons. The molecule has 0 aliphatic heterocycles. The summed E-state index contributed by atoms with van der Waals surface area (Å²) in [6.45, 7) is 0. The molecule has 0 unspecified atom stereocenters. The highest BCUT2D eigenvalue weighted by atomic mass is 35.5. The first-order valence-corrected chi connectivity index (χ1v) is 5.47. The molecule has 0 spiro atoms. The van der Waals surface area contributed by atoms with Crippen LogP contribution in [-0.2, 0) is 5.88 Å². The van der Waals surface area contributed by atoms with E-state index in [1.807, 2.05) is 18.2 Å². The van der Waals surface area contributed by atoms with Gasteiger partial charge in [-0.15, -0.1) is 22.9 Å². The number of nitrogen functional groups attached to an aromatic ring is 1. The zero-order valence-corrected chi connectivity index (χ0v) is 9.01. The Bertz CT molecular complexity index is 450. The summed E-state index contributed by atoms with van der Waals surface area (Å²) in [4.78, 5) is 0. The fourth-order valence-electron chi connectivity index (χ4n) is 1.25. The Kier molecular flexibility index (Phi) is 2.37. The summed E-state index contributed by atoms with van der Waals surface area (Å²) in [5.74, 6) is 0.442. The van der Waals surface area contributed by atoms with Gasteiger partial charge in [-0.3, -0.25) is 0 Å². The van der Waals surface area contributed by atoms with Crippen molar-refractivity contribution in [2.45, 2.75) is 5.88 Å². The summed E-state index contributed by atoms with van der Waals surface area (Å²) >= 11 is 13.1. The molecule has 1 aromatic heterocycles. The number of rotatable bonds is 1. The fraction of sp³-hybridized carbons (Fsp3) is 0.111. The zero-order valence-electron chi connectivity index (χ0n) is 6.68. The van der Waals surface area contributed by atoms with Crippen LogP contribution in [0.4, 0.5) is 5.69 Å². The molecule has 0 saturated carbocycles. The first-order valence-electron chi connectivity index (χ1n) is 3.74. The molecule has 1 nitrogen and oxygen atoms in total. The van der Waals surface area contributed by atoms with Gasteiger partial charge in [-0.25, -0.2) is 0 Å². The molecule has 0 aliphatic carbocycles. The number of benzene rings is 1. The molecule has 1 heterocycles. The summed E-state index contributed by atoms with van der Waals surface area (Å²) in [5.41, 5.74) is 7.63. The van der Waals surface area contributed by atoms with Crippen LogP contribution in [0.25, 0.3) is 10.1 Å². The lowest BCUT2D eigenvalue weighted by atomic mass is 10.1. The SMILES string of the molecule is Nc1c(CCl)ccc2cc(Cl)sc12. The second-order valence-corrected chi connectivity index (χ2v) is 4.69. The van der Waals surface area contributed by atoms with Gasteiger partial charge in [0.25, 0.3) is 0 Å². The van der Waals surface area contributed by atoms with E-state index in [1.165, 1.54) is 11.3 Å². The number of halogens is 2. The van der Waals surface area contributed by atoms with Crippen molar-refractivity contribution in [2.24, 2.45) is 0 Å². The smallest absolute Gasteiger partial charge is 0.0941 e. The third kappa shape index (κ3) is 1.50. The Morgan fingerprint density at radius 2 is 2.15 bits per heavy atom. The summed E-state index contributed by atoms with van der Waals surface area (Å²) in [7, 11) is 0. The molecule has 0 amide bonds. The molecule has 4 heteroatoms. The van der Waals surface area contributed by atoms with Crippen molar-refractivity contribution in [3.63, 3.8) is 0 Å². The van der Waals surface area contributed by atoms with E-state index in [2.05, 4.69) is 0 Å². The standard InChI is InChI=1S/C9H7Cl2NS/c10-4-6-2-1-5-3-7(11)13-9(5)8(6)12/h1-3H,4,12H2. The fourth-order valence-corrected chi connectivity index (χ4v) is 2.70. The summed E-state index contributed by atoms with van der Waals surface area (Å²) in [6.07, 6.45) is 0. The third-order valence-corrected chi connectivity index (χ3v) is 3.53. The van der Waals surface area contributed by atoms with Gasteiger partial charge in [0.1, 0.15) is 0 Å². The Labute approximate surface area is 90.1 Å². The van der Waals surface area contributed by atoms with E-state index in [0.717, 1.165) is 25.7 Å². The van der Waals surface area contributed by atoms with Gasteiger partial charge in [0.15, 0.2) is 0 Å². The second-order valence-electron chi connectivity index (χ2n) is 2.74. The van der Waals surface area contributed by atoms with Crippen LogP contribution in [0.15, 0.2) is 18.2 Å². The van der Waals surface area contributed by atoms with Gasteiger partial charge in [0, 0.05) is 5.88 Å². The van der Waals surface area contributed by atoms with Crippen LogP contribution in [0.3, 0.4) is 0 Å². The van der Waals surface area contributed by atoms with E-state index in [1.54, 1.807) is 0 Å². The van der Waals surface area contributed by atoms with E-state index in [-0.39, 0.29) is 0 Å². The predicted octanol–water partition coefficient (Wildman–Crippen LogP) is 3.88. The average molecular weight is 232 g/mol. The second kappa shape index (κ2) is 3.37. The molecule has 0 saturated heterocycles. The van der Waals surface area contributed by atoms with E-state index in [0.29, 0.717) is 5.88 Å². The summed E-state index contributed by atoms with van der Waals surface area (Å²) < 4.78 is 1.79. The first-order chi connectivity index (χ1) is 6.22. The Morgan fingerprint density at radius 1 is 1.38 bits per heavy atom. The highest BCUT2D eigenvalue weighted by molar-refractivity contribution is 7.23. The molecule has 0 atom stereocenters. The third-order valence-electron chi connectivity index (χ3n) is 1.93. The summed E-state index contributed by atoms with van der Waals surface area (Å²) in [6, 6.07) is 5.84. The van der Waals surface area contributed by atoms with Crippen molar-refractivity contribution in [3.8, 4) is 0 Å². The van der Waals surface area contributed by atoms with E-state index >= 15 is 0 Å². The monoisotopic (exact) mass is 231 g/mol. The Hall–Kier alpha value is -0.440. The molecule has 2 aromatic rings. The quantitative estimate of drug-likeness (QED) is 0.586.